The highest BCUT2D eigenvalue weighted by Gasteiger charge is 2.38. The average Bonchev–Trinajstić information content (AvgIpc) is 3.55. The fourth-order valence-electron chi connectivity index (χ4n) is 4.46. The van der Waals surface area contributed by atoms with E-state index in [2.05, 4.69) is 14.8 Å². The van der Waals surface area contributed by atoms with Gasteiger partial charge in [-0.15, -0.1) is 0 Å². The fraction of sp³-hybridized carbons (Fsp3) is 0.320. The van der Waals surface area contributed by atoms with Crippen LogP contribution in [-0.4, -0.2) is 58.7 Å². The lowest BCUT2D eigenvalue weighted by Gasteiger charge is -2.38. The topological polar surface area (TPSA) is 65.2 Å². The predicted molar refractivity (Wildman–Crippen MR) is 128 cm³/mol. The van der Waals surface area contributed by atoms with Crippen LogP contribution >= 0.6 is 11.6 Å². The third-order valence-electron chi connectivity index (χ3n) is 6.38. The zero-order valence-electron chi connectivity index (χ0n) is 18.5. The molecule has 0 bridgehead atoms. The summed E-state index contributed by atoms with van der Waals surface area (Å²) >= 11 is 6.05. The highest BCUT2D eigenvalue weighted by molar-refractivity contribution is 6.30. The Kier molecular flexibility index (Phi) is 6.15. The van der Waals surface area contributed by atoms with Crippen molar-refractivity contribution >= 4 is 29.0 Å². The minimum absolute atomic E-state index is 0.0216. The first-order valence-corrected chi connectivity index (χ1v) is 11.6. The summed E-state index contributed by atoms with van der Waals surface area (Å²) in [5, 5.41) is 7.04. The van der Waals surface area contributed by atoms with Gasteiger partial charge in [0.25, 0.3) is 5.91 Å². The number of piperazine rings is 1. The second-order valence-corrected chi connectivity index (χ2v) is 8.80. The first-order valence-electron chi connectivity index (χ1n) is 11.2. The number of hydrogen-bond acceptors (Lipinski definition) is 6. The van der Waals surface area contributed by atoms with Crippen molar-refractivity contribution in [3.63, 3.8) is 0 Å². The molecule has 2 aliphatic rings. The number of benzene rings is 1. The molecule has 0 aliphatic carbocycles. The van der Waals surface area contributed by atoms with Crippen LogP contribution in [0.15, 0.2) is 76.6 Å². The van der Waals surface area contributed by atoms with Crippen LogP contribution in [0.4, 0.5) is 5.82 Å². The van der Waals surface area contributed by atoms with E-state index in [1.54, 1.807) is 11.3 Å². The van der Waals surface area contributed by atoms with Gasteiger partial charge >= 0.3 is 0 Å². The monoisotopic (exact) mass is 463 g/mol. The number of carbonyl (C=O) groups excluding carboxylic acids is 1. The van der Waals surface area contributed by atoms with Crippen molar-refractivity contribution in [3.8, 4) is 0 Å². The highest BCUT2D eigenvalue weighted by Crippen LogP contribution is 2.34. The zero-order chi connectivity index (χ0) is 22.8. The summed E-state index contributed by atoms with van der Waals surface area (Å²) in [5.41, 5.74) is 1.82. The molecule has 2 aliphatic heterocycles. The Bertz CT molecular complexity index is 1110. The molecule has 1 fully saturated rings. The van der Waals surface area contributed by atoms with Crippen LogP contribution in [0.2, 0.25) is 5.02 Å². The fourth-order valence-corrected chi connectivity index (χ4v) is 4.59. The number of anilines is 1. The Morgan fingerprint density at radius 2 is 1.85 bits per heavy atom. The van der Waals surface area contributed by atoms with E-state index in [1.807, 2.05) is 67.7 Å². The molecular formula is C25H26ClN5O2. The maximum absolute atomic E-state index is 13.6. The van der Waals surface area contributed by atoms with Crippen molar-refractivity contribution < 1.29 is 9.21 Å². The number of pyridine rings is 1. The predicted octanol–water partition coefficient (Wildman–Crippen LogP) is 4.22. The first-order chi connectivity index (χ1) is 16.1. The molecule has 4 heterocycles. The molecule has 33 heavy (non-hydrogen) atoms. The molecule has 2 aromatic heterocycles. The lowest BCUT2D eigenvalue weighted by atomic mass is 10.0. The number of rotatable bonds is 5. The van der Waals surface area contributed by atoms with Crippen LogP contribution in [0.1, 0.15) is 30.7 Å². The van der Waals surface area contributed by atoms with Crippen molar-refractivity contribution in [3.05, 3.63) is 83.4 Å². The molecule has 8 heteroatoms. The summed E-state index contributed by atoms with van der Waals surface area (Å²) in [6.45, 7) is 5.20. The number of halogens is 1. The van der Waals surface area contributed by atoms with Crippen LogP contribution in [-0.2, 0) is 4.79 Å². The van der Waals surface area contributed by atoms with E-state index in [0.29, 0.717) is 11.4 Å². The molecule has 0 spiro atoms. The third-order valence-corrected chi connectivity index (χ3v) is 6.63. The van der Waals surface area contributed by atoms with E-state index in [9.17, 15) is 4.79 Å². The van der Waals surface area contributed by atoms with E-state index in [-0.39, 0.29) is 18.0 Å². The molecule has 0 saturated carbocycles. The van der Waals surface area contributed by atoms with Crippen LogP contribution < -0.4 is 4.90 Å². The molecule has 7 nitrogen and oxygen atoms in total. The molecule has 0 unspecified atom stereocenters. The second kappa shape index (κ2) is 9.37. The quantitative estimate of drug-likeness (QED) is 0.567. The Labute approximate surface area is 198 Å². The SMILES string of the molecule is C[C@@H](C(=O)N1N=C(c2ccc(Cl)cc2)C[C@H]1c1ccco1)N1CCN(c2ccccn2)CC1. The number of amides is 1. The van der Waals surface area contributed by atoms with Crippen molar-refractivity contribution in [2.75, 3.05) is 31.1 Å². The number of hydrazone groups is 1. The third kappa shape index (κ3) is 4.51. The summed E-state index contributed by atoms with van der Waals surface area (Å²) in [7, 11) is 0. The summed E-state index contributed by atoms with van der Waals surface area (Å²) in [4.78, 5) is 22.5. The second-order valence-electron chi connectivity index (χ2n) is 8.36. The van der Waals surface area contributed by atoms with E-state index in [1.165, 1.54) is 0 Å². The summed E-state index contributed by atoms with van der Waals surface area (Å²) in [5.74, 6) is 1.70. The number of nitrogens with zero attached hydrogens (tertiary/aromatic N) is 5. The van der Waals surface area contributed by atoms with Gasteiger partial charge in [-0.25, -0.2) is 9.99 Å². The minimum Gasteiger partial charge on any atom is -0.467 e. The van der Waals surface area contributed by atoms with Gasteiger partial charge in [-0.05, 0) is 48.9 Å². The lowest BCUT2D eigenvalue weighted by Crippen LogP contribution is -2.54. The lowest BCUT2D eigenvalue weighted by molar-refractivity contribution is -0.138. The van der Waals surface area contributed by atoms with Crippen molar-refractivity contribution in [2.45, 2.75) is 25.4 Å². The van der Waals surface area contributed by atoms with Crippen LogP contribution in [0.25, 0.3) is 0 Å². The molecule has 1 saturated heterocycles. The van der Waals surface area contributed by atoms with Crippen LogP contribution in [0, 0.1) is 0 Å². The molecule has 5 rings (SSSR count). The number of carbonyl (C=O) groups is 1. The molecule has 2 atom stereocenters. The van der Waals surface area contributed by atoms with Gasteiger partial charge in [-0.2, -0.15) is 5.10 Å². The zero-order valence-corrected chi connectivity index (χ0v) is 19.2. The van der Waals surface area contributed by atoms with Gasteiger partial charge in [-0.1, -0.05) is 29.8 Å². The van der Waals surface area contributed by atoms with E-state index in [0.717, 1.165) is 49.0 Å². The Hall–Kier alpha value is -3.16. The summed E-state index contributed by atoms with van der Waals surface area (Å²) < 4.78 is 5.67. The van der Waals surface area contributed by atoms with Gasteiger partial charge in [0, 0.05) is 43.8 Å². The van der Waals surface area contributed by atoms with E-state index < -0.39 is 0 Å². The summed E-state index contributed by atoms with van der Waals surface area (Å²) in [6.07, 6.45) is 4.05. The first kappa shape index (κ1) is 21.7. The molecule has 1 amide bonds. The minimum atomic E-state index is -0.290. The van der Waals surface area contributed by atoms with E-state index in [4.69, 9.17) is 21.1 Å². The highest BCUT2D eigenvalue weighted by atomic mass is 35.5. The molecular weight excluding hydrogens is 438 g/mol. The van der Waals surface area contributed by atoms with Gasteiger partial charge in [-0.3, -0.25) is 9.69 Å². The number of hydrogen-bond donors (Lipinski definition) is 0. The largest absolute Gasteiger partial charge is 0.467 e. The maximum atomic E-state index is 13.6. The van der Waals surface area contributed by atoms with E-state index >= 15 is 0 Å². The smallest absolute Gasteiger partial charge is 0.260 e. The van der Waals surface area contributed by atoms with Crippen molar-refractivity contribution in [2.24, 2.45) is 5.10 Å². The standard InChI is InChI=1S/C25H26ClN5O2/c1-18(29-12-14-30(15-13-29)24-6-2-3-11-27-24)25(32)31-22(23-5-4-16-33-23)17-21(28-31)19-7-9-20(26)10-8-19/h2-11,16,18,22H,12-15,17H2,1H3/t18-,22-/m0/s1. The Balaban J connectivity index is 1.32. The number of furan rings is 1. The Morgan fingerprint density at radius 1 is 1.06 bits per heavy atom. The van der Waals surface area contributed by atoms with Crippen molar-refractivity contribution in [1.82, 2.24) is 14.9 Å². The molecule has 0 N–H and O–H groups in total. The number of aromatic nitrogens is 1. The molecule has 170 valence electrons. The van der Waals surface area contributed by atoms with Gasteiger partial charge in [0.15, 0.2) is 0 Å². The van der Waals surface area contributed by atoms with Gasteiger partial charge < -0.3 is 9.32 Å². The normalized spacial score (nSPS) is 20.1. The van der Waals surface area contributed by atoms with Gasteiger partial charge in [0.2, 0.25) is 0 Å². The van der Waals surface area contributed by atoms with Crippen molar-refractivity contribution in [1.29, 1.82) is 0 Å². The van der Waals surface area contributed by atoms with Gasteiger partial charge in [0.05, 0.1) is 18.0 Å². The summed E-state index contributed by atoms with van der Waals surface area (Å²) in [6, 6.07) is 16.7. The Morgan fingerprint density at radius 3 is 2.52 bits per heavy atom. The molecule has 3 aromatic rings. The van der Waals surface area contributed by atoms with Crippen LogP contribution in [0.5, 0.6) is 0 Å². The van der Waals surface area contributed by atoms with Crippen LogP contribution in [0.3, 0.4) is 0 Å². The molecule has 1 aromatic carbocycles. The average molecular weight is 464 g/mol. The molecule has 0 radical (unpaired) electrons. The van der Waals surface area contributed by atoms with Gasteiger partial charge in [0.1, 0.15) is 17.6 Å². The maximum Gasteiger partial charge on any atom is 0.260 e.